The molecule has 178 valence electrons. The number of rotatable bonds is 5. The molecule has 1 heterocycles. The number of carbonyl (C=O) groups excluding carboxylic acids is 2. The van der Waals surface area contributed by atoms with Gasteiger partial charge in [-0.15, -0.1) is 0 Å². The van der Waals surface area contributed by atoms with Gasteiger partial charge < -0.3 is 20.1 Å². The zero-order valence-electron chi connectivity index (χ0n) is 20.0. The van der Waals surface area contributed by atoms with E-state index in [1.54, 1.807) is 20.3 Å². The number of nitrogens with one attached hydrogen (secondary N) is 2. The average molecular weight is 465 g/mol. The molecule has 1 aliphatic heterocycles. The number of para-hydroxylation sites is 1. The molecule has 7 heteroatoms. The van der Waals surface area contributed by atoms with Crippen LogP contribution in [0.1, 0.15) is 45.1 Å². The molecule has 0 saturated carbocycles. The first kappa shape index (κ1) is 23.5. The van der Waals surface area contributed by atoms with Crippen molar-refractivity contribution < 1.29 is 23.5 Å². The highest BCUT2D eigenvalue weighted by molar-refractivity contribution is 6.10. The predicted molar refractivity (Wildman–Crippen MR) is 128 cm³/mol. The molecule has 2 aromatic carbocycles. The number of carbonyl (C=O) groups is 2. The summed E-state index contributed by atoms with van der Waals surface area (Å²) in [5.74, 6) is -0.437. The van der Waals surface area contributed by atoms with Gasteiger partial charge in [0.25, 0.3) is 5.91 Å². The van der Waals surface area contributed by atoms with Crippen LogP contribution in [0, 0.1) is 11.2 Å². The summed E-state index contributed by atoms with van der Waals surface area (Å²) in [4.78, 5) is 27.1. The van der Waals surface area contributed by atoms with Crippen LogP contribution in [0.2, 0.25) is 0 Å². The summed E-state index contributed by atoms with van der Waals surface area (Å²) in [6, 6.07) is 11.0. The molecule has 4 rings (SSSR count). The lowest BCUT2D eigenvalue weighted by atomic mass is 9.68. The van der Waals surface area contributed by atoms with Crippen LogP contribution in [-0.4, -0.2) is 25.9 Å². The van der Waals surface area contributed by atoms with Gasteiger partial charge in [-0.1, -0.05) is 26.0 Å². The van der Waals surface area contributed by atoms with Crippen molar-refractivity contribution in [3.63, 3.8) is 0 Å². The van der Waals surface area contributed by atoms with Crippen molar-refractivity contribution >= 4 is 17.4 Å². The molecule has 0 aromatic heterocycles. The molecule has 0 fully saturated rings. The molecule has 0 saturated heterocycles. The lowest BCUT2D eigenvalue weighted by Crippen LogP contribution is -2.39. The van der Waals surface area contributed by atoms with Crippen LogP contribution in [-0.2, 0) is 9.59 Å². The van der Waals surface area contributed by atoms with Gasteiger partial charge in [0.2, 0.25) is 0 Å². The second-order valence-electron chi connectivity index (χ2n) is 9.47. The van der Waals surface area contributed by atoms with Gasteiger partial charge in [0.1, 0.15) is 5.82 Å². The Morgan fingerprint density at radius 2 is 1.79 bits per heavy atom. The monoisotopic (exact) mass is 464 g/mol. The van der Waals surface area contributed by atoms with Gasteiger partial charge >= 0.3 is 0 Å². The van der Waals surface area contributed by atoms with E-state index in [1.165, 1.54) is 24.3 Å². The summed E-state index contributed by atoms with van der Waals surface area (Å²) >= 11 is 0. The molecular formula is C27H29FN2O4. The fourth-order valence-electron chi connectivity index (χ4n) is 4.92. The number of benzene rings is 2. The lowest BCUT2D eigenvalue weighted by Gasteiger charge is -2.40. The Bertz CT molecular complexity index is 1210. The smallest absolute Gasteiger partial charge is 0.254 e. The minimum Gasteiger partial charge on any atom is -0.493 e. The zero-order valence-corrected chi connectivity index (χ0v) is 20.0. The van der Waals surface area contributed by atoms with Crippen molar-refractivity contribution in [2.24, 2.45) is 5.41 Å². The van der Waals surface area contributed by atoms with E-state index in [4.69, 9.17) is 9.47 Å². The summed E-state index contributed by atoms with van der Waals surface area (Å²) in [5.41, 5.74) is 3.39. The standard InChI is InChI=1S/C27H29FN2O4/c1-15-22(26(32)30-17-11-9-16(28)10-12-17)23(18-7-6-8-21(33-4)25(18)34-5)24-19(29-15)13-27(2,3)14-20(24)31/h6-12,23,29H,13-14H2,1-5H3,(H,30,32)/t23-/m1/s1. The maximum Gasteiger partial charge on any atom is 0.254 e. The Balaban J connectivity index is 1.87. The molecule has 1 atom stereocenters. The summed E-state index contributed by atoms with van der Waals surface area (Å²) in [6.45, 7) is 5.95. The zero-order chi connectivity index (χ0) is 24.6. The number of hydrogen-bond acceptors (Lipinski definition) is 5. The Morgan fingerprint density at radius 1 is 1.09 bits per heavy atom. The van der Waals surface area contributed by atoms with E-state index in [-0.39, 0.29) is 17.1 Å². The van der Waals surface area contributed by atoms with Crippen molar-refractivity contribution in [2.45, 2.75) is 39.5 Å². The van der Waals surface area contributed by atoms with Gasteiger partial charge in [-0.05, 0) is 49.1 Å². The Morgan fingerprint density at radius 3 is 2.44 bits per heavy atom. The van der Waals surface area contributed by atoms with Gasteiger partial charge in [-0.3, -0.25) is 9.59 Å². The number of ketones is 1. The van der Waals surface area contributed by atoms with E-state index in [0.717, 1.165) is 5.70 Å². The molecule has 0 radical (unpaired) electrons. The second-order valence-corrected chi connectivity index (χ2v) is 9.47. The molecule has 0 bridgehead atoms. The van der Waals surface area contributed by atoms with Crippen molar-refractivity contribution in [3.05, 3.63) is 76.4 Å². The van der Waals surface area contributed by atoms with Gasteiger partial charge in [-0.2, -0.15) is 0 Å². The molecular weight excluding hydrogens is 435 g/mol. The fraction of sp³-hybridized carbons (Fsp3) is 0.333. The lowest BCUT2D eigenvalue weighted by molar-refractivity contribution is -0.118. The summed E-state index contributed by atoms with van der Waals surface area (Å²) in [6.07, 6.45) is 1.06. The first-order chi connectivity index (χ1) is 16.1. The van der Waals surface area contributed by atoms with Gasteiger partial charge in [0, 0.05) is 40.2 Å². The summed E-state index contributed by atoms with van der Waals surface area (Å²) in [7, 11) is 3.09. The number of Topliss-reactive ketones (excluding diaryl/α,β-unsaturated/α-hetero) is 1. The number of methoxy groups -OCH3 is 2. The van der Waals surface area contributed by atoms with E-state index >= 15 is 0 Å². The number of ether oxygens (including phenoxy) is 2. The normalized spacial score (nSPS) is 19.4. The first-order valence-corrected chi connectivity index (χ1v) is 11.2. The molecule has 0 unspecified atom stereocenters. The van der Waals surface area contributed by atoms with Crippen LogP contribution < -0.4 is 20.1 Å². The molecule has 2 N–H and O–H groups in total. The van der Waals surface area contributed by atoms with Crippen LogP contribution in [0.4, 0.5) is 10.1 Å². The summed E-state index contributed by atoms with van der Waals surface area (Å²) < 4.78 is 24.6. The molecule has 6 nitrogen and oxygen atoms in total. The van der Waals surface area contributed by atoms with E-state index in [1.807, 2.05) is 19.1 Å². The van der Waals surface area contributed by atoms with Crippen LogP contribution in [0.25, 0.3) is 0 Å². The van der Waals surface area contributed by atoms with E-state index in [9.17, 15) is 14.0 Å². The van der Waals surface area contributed by atoms with Crippen molar-refractivity contribution in [2.75, 3.05) is 19.5 Å². The van der Waals surface area contributed by atoms with Crippen molar-refractivity contribution in [1.82, 2.24) is 5.32 Å². The van der Waals surface area contributed by atoms with Gasteiger partial charge in [0.15, 0.2) is 17.3 Å². The third-order valence-corrected chi connectivity index (χ3v) is 6.33. The minimum atomic E-state index is -0.648. The second kappa shape index (κ2) is 8.97. The number of allylic oxidation sites excluding steroid dienone is 3. The number of amides is 1. The van der Waals surface area contributed by atoms with Crippen molar-refractivity contribution in [1.29, 1.82) is 0 Å². The average Bonchev–Trinajstić information content (AvgIpc) is 2.78. The van der Waals surface area contributed by atoms with Gasteiger partial charge in [-0.25, -0.2) is 4.39 Å². The SMILES string of the molecule is COc1cccc([C@@H]2C(C(=O)Nc3ccc(F)cc3)=C(C)NC3=C2C(=O)CC(C)(C)C3)c1OC. The maximum atomic E-state index is 13.6. The third-order valence-electron chi connectivity index (χ3n) is 6.33. The van der Waals surface area contributed by atoms with Crippen molar-refractivity contribution in [3.8, 4) is 11.5 Å². The van der Waals surface area contributed by atoms with E-state index < -0.39 is 11.7 Å². The van der Waals surface area contributed by atoms with Crippen LogP contribution in [0.3, 0.4) is 0 Å². The number of hydrogen-bond donors (Lipinski definition) is 2. The molecule has 2 aromatic rings. The Kier molecular flexibility index (Phi) is 6.21. The van der Waals surface area contributed by atoms with Gasteiger partial charge in [0.05, 0.1) is 20.1 Å². The number of anilines is 1. The fourth-order valence-corrected chi connectivity index (χ4v) is 4.92. The number of halogens is 1. The van der Waals surface area contributed by atoms with Crippen LogP contribution in [0.5, 0.6) is 11.5 Å². The first-order valence-electron chi connectivity index (χ1n) is 11.2. The molecule has 2 aliphatic rings. The van der Waals surface area contributed by atoms with E-state index in [2.05, 4.69) is 24.5 Å². The van der Waals surface area contributed by atoms with Crippen LogP contribution in [0.15, 0.2) is 65.0 Å². The largest absolute Gasteiger partial charge is 0.493 e. The third kappa shape index (κ3) is 4.30. The maximum absolute atomic E-state index is 13.6. The quantitative estimate of drug-likeness (QED) is 0.645. The number of dihydropyridines is 1. The predicted octanol–water partition coefficient (Wildman–Crippen LogP) is 5.09. The molecule has 1 aliphatic carbocycles. The molecule has 1 amide bonds. The minimum absolute atomic E-state index is 0.00629. The highest BCUT2D eigenvalue weighted by Gasteiger charge is 2.43. The molecule has 34 heavy (non-hydrogen) atoms. The topological polar surface area (TPSA) is 76.7 Å². The van der Waals surface area contributed by atoms with E-state index in [0.29, 0.717) is 52.4 Å². The Labute approximate surface area is 198 Å². The highest BCUT2D eigenvalue weighted by Crippen LogP contribution is 2.50. The highest BCUT2D eigenvalue weighted by atomic mass is 19.1. The summed E-state index contributed by atoms with van der Waals surface area (Å²) in [5, 5.41) is 6.19. The van der Waals surface area contributed by atoms with Crippen LogP contribution >= 0.6 is 0 Å². The Hall–Kier alpha value is -3.61. The molecule has 0 spiro atoms.